The SMILES string of the molecule is CN1CCN(CCNc2nc(-c3nccc4c(=O)[nH]c(COCc5ccccc5)nc34)cs2)CC1. The van der Waals surface area contributed by atoms with Gasteiger partial charge in [0.15, 0.2) is 5.13 Å². The van der Waals surface area contributed by atoms with Gasteiger partial charge in [-0.3, -0.25) is 14.7 Å². The molecule has 1 aromatic carbocycles. The van der Waals surface area contributed by atoms with Gasteiger partial charge in [-0.15, -0.1) is 11.3 Å². The normalized spacial score (nSPS) is 15.0. The van der Waals surface area contributed by atoms with Gasteiger partial charge in [0, 0.05) is 50.8 Å². The third-order valence-electron chi connectivity index (χ3n) is 6.07. The Morgan fingerprint density at radius 1 is 1.09 bits per heavy atom. The molecular weight excluding hydrogens is 462 g/mol. The highest BCUT2D eigenvalue weighted by Crippen LogP contribution is 2.27. The van der Waals surface area contributed by atoms with Gasteiger partial charge in [0.1, 0.15) is 29.3 Å². The minimum absolute atomic E-state index is 0.199. The molecular formula is C25H29N7O2S. The number of thiazole rings is 1. The van der Waals surface area contributed by atoms with E-state index in [4.69, 9.17) is 9.72 Å². The van der Waals surface area contributed by atoms with E-state index in [-0.39, 0.29) is 12.2 Å². The summed E-state index contributed by atoms with van der Waals surface area (Å²) in [5, 5.41) is 6.70. The fourth-order valence-electron chi connectivity index (χ4n) is 4.06. The van der Waals surface area contributed by atoms with Crippen molar-refractivity contribution in [2.24, 2.45) is 0 Å². The van der Waals surface area contributed by atoms with Crippen molar-refractivity contribution < 1.29 is 4.74 Å². The molecule has 1 saturated heterocycles. The Balaban J connectivity index is 1.27. The Morgan fingerprint density at radius 3 is 2.74 bits per heavy atom. The summed E-state index contributed by atoms with van der Waals surface area (Å²) in [5.74, 6) is 0.466. The predicted octanol–water partition coefficient (Wildman–Crippen LogP) is 2.82. The molecule has 3 aromatic heterocycles. The number of pyridine rings is 1. The standard InChI is InChI=1S/C25H29N7O2S/c1-31-11-13-32(14-12-31)10-9-27-25-28-20(17-35-25)23-22-19(7-8-26-23)24(33)30-21(29-22)16-34-15-18-5-3-2-4-6-18/h2-8,17H,9-16H2,1H3,(H,27,28)(H,29,30,33). The maximum atomic E-state index is 12.7. The molecule has 0 aliphatic carbocycles. The number of rotatable bonds is 9. The molecule has 0 atom stereocenters. The number of nitrogens with one attached hydrogen (secondary N) is 2. The number of nitrogens with zero attached hydrogens (tertiary/aromatic N) is 5. The van der Waals surface area contributed by atoms with E-state index in [1.54, 1.807) is 12.3 Å². The van der Waals surface area contributed by atoms with Gasteiger partial charge in [0.05, 0.1) is 12.0 Å². The topological polar surface area (TPSA) is 99.3 Å². The molecule has 10 heteroatoms. The number of aromatic nitrogens is 4. The van der Waals surface area contributed by atoms with Crippen LogP contribution in [-0.2, 0) is 18.0 Å². The Hall–Kier alpha value is -3.18. The van der Waals surface area contributed by atoms with Crippen molar-refractivity contribution in [1.82, 2.24) is 29.7 Å². The molecule has 4 heterocycles. The molecule has 0 saturated carbocycles. The smallest absolute Gasteiger partial charge is 0.258 e. The molecule has 5 rings (SSSR count). The zero-order valence-electron chi connectivity index (χ0n) is 19.7. The Kier molecular flexibility index (Phi) is 7.43. The molecule has 0 radical (unpaired) electrons. The van der Waals surface area contributed by atoms with Crippen LogP contribution in [0.4, 0.5) is 5.13 Å². The van der Waals surface area contributed by atoms with Crippen LogP contribution in [0.1, 0.15) is 11.4 Å². The predicted molar refractivity (Wildman–Crippen MR) is 139 cm³/mol. The lowest BCUT2D eigenvalue weighted by atomic mass is 10.2. The number of aromatic amines is 1. The first-order valence-electron chi connectivity index (χ1n) is 11.8. The van der Waals surface area contributed by atoms with Crippen molar-refractivity contribution in [3.8, 4) is 11.4 Å². The molecule has 0 unspecified atom stereocenters. The second kappa shape index (κ2) is 11.0. The number of fused-ring (bicyclic) bond motifs is 1. The van der Waals surface area contributed by atoms with Crippen molar-refractivity contribution >= 4 is 27.4 Å². The van der Waals surface area contributed by atoms with Gasteiger partial charge in [-0.25, -0.2) is 9.97 Å². The first-order valence-corrected chi connectivity index (χ1v) is 12.6. The maximum absolute atomic E-state index is 12.7. The fourth-order valence-corrected chi connectivity index (χ4v) is 4.79. The van der Waals surface area contributed by atoms with Crippen LogP contribution in [0.2, 0.25) is 0 Å². The van der Waals surface area contributed by atoms with Gasteiger partial charge in [-0.05, 0) is 18.7 Å². The molecule has 9 nitrogen and oxygen atoms in total. The summed E-state index contributed by atoms with van der Waals surface area (Å²) in [4.78, 5) is 34.3. The highest BCUT2D eigenvalue weighted by Gasteiger charge is 2.15. The molecule has 35 heavy (non-hydrogen) atoms. The summed E-state index contributed by atoms with van der Waals surface area (Å²) >= 11 is 1.53. The quantitative estimate of drug-likeness (QED) is 0.369. The Labute approximate surface area is 207 Å². The van der Waals surface area contributed by atoms with Crippen LogP contribution < -0.4 is 10.9 Å². The number of hydrogen-bond acceptors (Lipinski definition) is 9. The van der Waals surface area contributed by atoms with Crippen LogP contribution in [-0.4, -0.2) is 76.1 Å². The summed E-state index contributed by atoms with van der Waals surface area (Å²) in [6, 6.07) is 11.6. The van der Waals surface area contributed by atoms with Gasteiger partial charge in [0.25, 0.3) is 5.56 Å². The van der Waals surface area contributed by atoms with Gasteiger partial charge in [-0.2, -0.15) is 0 Å². The fraction of sp³-hybridized carbons (Fsp3) is 0.360. The molecule has 1 aliphatic heterocycles. The number of hydrogen-bond donors (Lipinski definition) is 2. The Morgan fingerprint density at radius 2 is 1.91 bits per heavy atom. The van der Waals surface area contributed by atoms with E-state index in [2.05, 4.69) is 37.1 Å². The van der Waals surface area contributed by atoms with Crippen LogP contribution in [0.3, 0.4) is 0 Å². The third-order valence-corrected chi connectivity index (χ3v) is 6.87. The van der Waals surface area contributed by atoms with E-state index >= 15 is 0 Å². The van der Waals surface area contributed by atoms with Crippen LogP contribution >= 0.6 is 11.3 Å². The third kappa shape index (κ3) is 5.91. The van der Waals surface area contributed by atoms with Crippen LogP contribution in [0.5, 0.6) is 0 Å². The summed E-state index contributed by atoms with van der Waals surface area (Å²) < 4.78 is 5.78. The van der Waals surface area contributed by atoms with E-state index in [0.29, 0.717) is 34.7 Å². The highest BCUT2D eigenvalue weighted by molar-refractivity contribution is 7.14. The van der Waals surface area contributed by atoms with E-state index in [1.807, 2.05) is 35.7 Å². The lowest BCUT2D eigenvalue weighted by molar-refractivity contribution is 0.102. The van der Waals surface area contributed by atoms with Gasteiger partial charge in [0.2, 0.25) is 0 Å². The number of likely N-dealkylation sites (N-methyl/N-ethyl adjacent to an activating group) is 1. The van der Waals surface area contributed by atoms with Crippen LogP contribution in [0, 0.1) is 0 Å². The molecule has 182 valence electrons. The van der Waals surface area contributed by atoms with E-state index in [1.165, 1.54) is 11.3 Å². The molecule has 1 aliphatic rings. The minimum atomic E-state index is -0.210. The molecule has 1 fully saturated rings. The second-order valence-corrected chi connectivity index (χ2v) is 9.51. The molecule has 0 spiro atoms. The van der Waals surface area contributed by atoms with Crippen molar-refractivity contribution in [3.63, 3.8) is 0 Å². The second-order valence-electron chi connectivity index (χ2n) is 8.66. The van der Waals surface area contributed by atoms with Crippen molar-refractivity contribution in [2.45, 2.75) is 13.2 Å². The van der Waals surface area contributed by atoms with Gasteiger partial charge in [-0.1, -0.05) is 30.3 Å². The molecule has 0 amide bonds. The number of piperazine rings is 1. The number of ether oxygens (including phenoxy) is 1. The van der Waals surface area contributed by atoms with Crippen molar-refractivity contribution in [1.29, 1.82) is 0 Å². The first kappa shape index (κ1) is 23.6. The average Bonchev–Trinajstić information content (AvgIpc) is 3.34. The Bertz CT molecular complexity index is 1320. The summed E-state index contributed by atoms with van der Waals surface area (Å²) in [6.45, 7) is 6.87. The van der Waals surface area contributed by atoms with E-state index < -0.39 is 0 Å². The largest absolute Gasteiger partial charge is 0.369 e. The zero-order chi connectivity index (χ0) is 24.0. The molecule has 0 bridgehead atoms. The van der Waals surface area contributed by atoms with E-state index in [9.17, 15) is 4.79 Å². The average molecular weight is 492 g/mol. The van der Waals surface area contributed by atoms with E-state index in [0.717, 1.165) is 50.0 Å². The summed E-state index contributed by atoms with van der Waals surface area (Å²) in [5.41, 5.74) is 2.69. The number of H-pyrrole nitrogens is 1. The van der Waals surface area contributed by atoms with Crippen LogP contribution in [0.25, 0.3) is 22.3 Å². The monoisotopic (exact) mass is 491 g/mol. The zero-order valence-corrected chi connectivity index (χ0v) is 20.6. The van der Waals surface area contributed by atoms with Crippen molar-refractivity contribution in [3.05, 3.63) is 69.7 Å². The van der Waals surface area contributed by atoms with Crippen LogP contribution in [0.15, 0.2) is 52.8 Å². The van der Waals surface area contributed by atoms with Gasteiger partial charge >= 0.3 is 0 Å². The minimum Gasteiger partial charge on any atom is -0.369 e. The number of anilines is 1. The highest BCUT2D eigenvalue weighted by atomic mass is 32.1. The maximum Gasteiger partial charge on any atom is 0.258 e. The molecule has 2 N–H and O–H groups in total. The van der Waals surface area contributed by atoms with Crippen molar-refractivity contribution in [2.75, 3.05) is 51.6 Å². The summed E-state index contributed by atoms with van der Waals surface area (Å²) in [6.07, 6.45) is 1.62. The van der Waals surface area contributed by atoms with Gasteiger partial charge < -0.3 is 19.9 Å². The lowest BCUT2D eigenvalue weighted by Crippen LogP contribution is -2.45. The number of benzene rings is 1. The first-order chi connectivity index (χ1) is 17.2. The lowest BCUT2D eigenvalue weighted by Gasteiger charge is -2.32. The summed E-state index contributed by atoms with van der Waals surface area (Å²) in [7, 11) is 2.16. The molecule has 4 aromatic rings.